The van der Waals surface area contributed by atoms with Crippen LogP contribution in [0.1, 0.15) is 25.1 Å². The number of H-pyrrole nitrogens is 1. The molecule has 152 valence electrons. The van der Waals surface area contributed by atoms with Crippen LogP contribution in [0.2, 0.25) is 0 Å². The Balaban J connectivity index is 1.66. The standard InChI is InChI=1S/C22H24FN3O3/c1-13(2)12-29-22(28)26-17-6-4-5-16(10-17)25-21(27)11-18-14(3)24-20-8-7-15(23)9-19(18)20/h4-10,13,24H,11-12H2,1-3H3,(H,25,27)(H,26,28). The van der Waals surface area contributed by atoms with Crippen molar-refractivity contribution in [1.29, 1.82) is 0 Å². The van der Waals surface area contributed by atoms with Gasteiger partial charge in [0.15, 0.2) is 0 Å². The molecule has 0 saturated carbocycles. The van der Waals surface area contributed by atoms with Crippen LogP contribution in [-0.2, 0) is 16.0 Å². The van der Waals surface area contributed by atoms with E-state index in [0.717, 1.165) is 16.8 Å². The van der Waals surface area contributed by atoms with E-state index in [1.807, 2.05) is 20.8 Å². The van der Waals surface area contributed by atoms with Gasteiger partial charge >= 0.3 is 6.09 Å². The molecule has 1 aromatic heterocycles. The number of nitrogens with one attached hydrogen (secondary N) is 3. The number of aromatic amines is 1. The Morgan fingerprint density at radius 3 is 2.55 bits per heavy atom. The molecule has 1 heterocycles. The first kappa shape index (κ1) is 20.4. The van der Waals surface area contributed by atoms with Gasteiger partial charge in [0.1, 0.15) is 5.82 Å². The van der Waals surface area contributed by atoms with Gasteiger partial charge in [-0.1, -0.05) is 19.9 Å². The molecule has 0 aliphatic heterocycles. The van der Waals surface area contributed by atoms with Crippen molar-refractivity contribution in [3.05, 3.63) is 59.5 Å². The van der Waals surface area contributed by atoms with Crippen molar-refractivity contribution >= 4 is 34.3 Å². The van der Waals surface area contributed by atoms with E-state index in [4.69, 9.17) is 4.74 Å². The third-order valence-corrected chi connectivity index (χ3v) is 4.36. The van der Waals surface area contributed by atoms with Crippen molar-refractivity contribution in [2.45, 2.75) is 27.2 Å². The van der Waals surface area contributed by atoms with Crippen LogP contribution >= 0.6 is 0 Å². The van der Waals surface area contributed by atoms with Crippen molar-refractivity contribution in [3.8, 4) is 0 Å². The molecule has 0 bridgehead atoms. The third kappa shape index (κ3) is 5.34. The van der Waals surface area contributed by atoms with Gasteiger partial charge in [0.05, 0.1) is 13.0 Å². The number of amides is 2. The molecule has 0 spiro atoms. The fourth-order valence-corrected chi connectivity index (χ4v) is 3.02. The number of ether oxygens (including phenoxy) is 1. The van der Waals surface area contributed by atoms with E-state index in [-0.39, 0.29) is 24.1 Å². The number of carbonyl (C=O) groups is 2. The Labute approximate surface area is 168 Å². The first-order valence-electron chi connectivity index (χ1n) is 9.42. The molecule has 3 rings (SSSR count). The third-order valence-electron chi connectivity index (χ3n) is 4.36. The number of hydrogen-bond donors (Lipinski definition) is 3. The SMILES string of the molecule is Cc1[nH]c2ccc(F)cc2c1CC(=O)Nc1cccc(NC(=O)OCC(C)C)c1. The van der Waals surface area contributed by atoms with Gasteiger partial charge in [0.2, 0.25) is 5.91 Å². The molecule has 0 atom stereocenters. The van der Waals surface area contributed by atoms with Crippen LogP contribution in [0.3, 0.4) is 0 Å². The molecule has 7 heteroatoms. The summed E-state index contributed by atoms with van der Waals surface area (Å²) in [5.41, 5.74) is 3.42. The van der Waals surface area contributed by atoms with Crippen LogP contribution in [0.5, 0.6) is 0 Å². The Morgan fingerprint density at radius 2 is 1.83 bits per heavy atom. The summed E-state index contributed by atoms with van der Waals surface area (Å²) < 4.78 is 18.7. The zero-order valence-corrected chi connectivity index (χ0v) is 16.6. The number of benzene rings is 2. The van der Waals surface area contributed by atoms with Crippen LogP contribution < -0.4 is 10.6 Å². The highest BCUT2D eigenvalue weighted by molar-refractivity contribution is 5.97. The van der Waals surface area contributed by atoms with Crippen molar-refractivity contribution in [2.75, 3.05) is 17.2 Å². The Morgan fingerprint density at radius 1 is 1.10 bits per heavy atom. The van der Waals surface area contributed by atoms with Gasteiger partial charge in [-0.2, -0.15) is 0 Å². The Kier molecular flexibility index (Phi) is 6.16. The van der Waals surface area contributed by atoms with E-state index in [9.17, 15) is 14.0 Å². The number of rotatable bonds is 6. The molecular weight excluding hydrogens is 373 g/mol. The molecule has 0 aliphatic carbocycles. The maximum atomic E-state index is 13.6. The molecule has 3 aromatic rings. The monoisotopic (exact) mass is 397 g/mol. The quantitative estimate of drug-likeness (QED) is 0.547. The fourth-order valence-electron chi connectivity index (χ4n) is 3.02. The lowest BCUT2D eigenvalue weighted by Crippen LogP contribution is -2.17. The molecule has 29 heavy (non-hydrogen) atoms. The molecule has 6 nitrogen and oxygen atoms in total. The molecule has 3 N–H and O–H groups in total. The van der Waals surface area contributed by atoms with Gasteiger partial charge in [-0.25, -0.2) is 9.18 Å². The van der Waals surface area contributed by atoms with Crippen LogP contribution in [-0.4, -0.2) is 23.6 Å². The summed E-state index contributed by atoms with van der Waals surface area (Å²) in [4.78, 5) is 27.5. The number of anilines is 2. The summed E-state index contributed by atoms with van der Waals surface area (Å²) in [6, 6.07) is 11.3. The van der Waals surface area contributed by atoms with E-state index in [1.165, 1.54) is 12.1 Å². The second-order valence-corrected chi connectivity index (χ2v) is 7.34. The molecule has 0 radical (unpaired) electrons. The lowest BCUT2D eigenvalue weighted by molar-refractivity contribution is -0.115. The number of carbonyl (C=O) groups excluding carboxylic acids is 2. The van der Waals surface area contributed by atoms with Gasteiger partial charge in [0, 0.05) is 28.0 Å². The highest BCUT2D eigenvalue weighted by Gasteiger charge is 2.14. The number of aromatic nitrogens is 1. The summed E-state index contributed by atoms with van der Waals surface area (Å²) in [6.07, 6.45) is -0.442. The second-order valence-electron chi connectivity index (χ2n) is 7.34. The van der Waals surface area contributed by atoms with E-state index >= 15 is 0 Å². The minimum Gasteiger partial charge on any atom is -0.449 e. The van der Waals surface area contributed by atoms with E-state index in [0.29, 0.717) is 23.4 Å². The van der Waals surface area contributed by atoms with Crippen molar-refractivity contribution in [3.63, 3.8) is 0 Å². The lowest BCUT2D eigenvalue weighted by atomic mass is 10.1. The van der Waals surface area contributed by atoms with Gasteiger partial charge in [0.25, 0.3) is 0 Å². The largest absolute Gasteiger partial charge is 0.449 e. The van der Waals surface area contributed by atoms with Crippen LogP contribution in [0.25, 0.3) is 10.9 Å². The molecular formula is C22H24FN3O3. The minimum absolute atomic E-state index is 0.101. The lowest BCUT2D eigenvalue weighted by Gasteiger charge is -2.10. The number of halogens is 1. The zero-order chi connectivity index (χ0) is 21.0. The van der Waals surface area contributed by atoms with Crippen LogP contribution in [0.4, 0.5) is 20.6 Å². The fraction of sp³-hybridized carbons (Fsp3) is 0.273. The maximum absolute atomic E-state index is 13.6. The van der Waals surface area contributed by atoms with E-state index in [2.05, 4.69) is 15.6 Å². The Bertz CT molecular complexity index is 1040. The minimum atomic E-state index is -0.543. The Hall–Kier alpha value is -3.35. The average molecular weight is 397 g/mol. The first-order chi connectivity index (χ1) is 13.8. The smallest absolute Gasteiger partial charge is 0.411 e. The first-order valence-corrected chi connectivity index (χ1v) is 9.42. The number of aryl methyl sites for hydroxylation is 1. The number of fused-ring (bicyclic) bond motifs is 1. The van der Waals surface area contributed by atoms with Crippen LogP contribution in [0, 0.1) is 18.7 Å². The van der Waals surface area contributed by atoms with Crippen molar-refractivity contribution < 1.29 is 18.7 Å². The molecule has 0 unspecified atom stereocenters. The molecule has 0 fully saturated rings. The summed E-state index contributed by atoms with van der Waals surface area (Å²) in [5, 5.41) is 6.14. The predicted molar refractivity (Wildman–Crippen MR) is 112 cm³/mol. The summed E-state index contributed by atoms with van der Waals surface area (Å²) in [7, 11) is 0. The molecule has 0 saturated heterocycles. The van der Waals surface area contributed by atoms with Gasteiger partial charge in [-0.05, 0) is 54.8 Å². The highest BCUT2D eigenvalue weighted by Crippen LogP contribution is 2.24. The average Bonchev–Trinajstić information content (AvgIpc) is 2.95. The topological polar surface area (TPSA) is 83.2 Å². The van der Waals surface area contributed by atoms with Gasteiger partial charge in [-0.3, -0.25) is 10.1 Å². The number of hydrogen-bond acceptors (Lipinski definition) is 3. The zero-order valence-electron chi connectivity index (χ0n) is 16.6. The van der Waals surface area contributed by atoms with E-state index < -0.39 is 6.09 Å². The van der Waals surface area contributed by atoms with Gasteiger partial charge < -0.3 is 15.0 Å². The normalized spacial score (nSPS) is 10.9. The predicted octanol–water partition coefficient (Wildman–Crippen LogP) is 5.00. The molecule has 2 amide bonds. The van der Waals surface area contributed by atoms with Gasteiger partial charge in [-0.15, -0.1) is 0 Å². The second kappa shape index (κ2) is 8.77. The summed E-state index contributed by atoms with van der Waals surface area (Å²) in [6.45, 7) is 6.08. The van der Waals surface area contributed by atoms with Crippen molar-refractivity contribution in [2.24, 2.45) is 5.92 Å². The van der Waals surface area contributed by atoms with E-state index in [1.54, 1.807) is 30.3 Å². The maximum Gasteiger partial charge on any atom is 0.411 e. The summed E-state index contributed by atoms with van der Waals surface area (Å²) >= 11 is 0. The highest BCUT2D eigenvalue weighted by atomic mass is 19.1. The van der Waals surface area contributed by atoms with Crippen LogP contribution in [0.15, 0.2) is 42.5 Å². The molecule has 0 aliphatic rings. The summed E-state index contributed by atoms with van der Waals surface area (Å²) in [5.74, 6) is -0.341. The van der Waals surface area contributed by atoms with Crippen molar-refractivity contribution in [1.82, 2.24) is 4.98 Å². The molecule has 2 aromatic carbocycles.